The van der Waals surface area contributed by atoms with Crippen molar-refractivity contribution < 1.29 is 9.90 Å². The summed E-state index contributed by atoms with van der Waals surface area (Å²) in [6.45, 7) is 20.9. The van der Waals surface area contributed by atoms with Crippen molar-refractivity contribution in [2.75, 3.05) is 29.7 Å². The highest BCUT2D eigenvalue weighted by Gasteiger charge is 2.34. The minimum Gasteiger partial charge on any atom is -0.481 e. The predicted molar refractivity (Wildman–Crippen MR) is 168 cm³/mol. The van der Waals surface area contributed by atoms with Crippen LogP contribution >= 0.6 is 7.92 Å². The number of allylic oxidation sites excluding steroid dienone is 5. The molecule has 0 aliphatic carbocycles. The molecule has 0 saturated carbocycles. The van der Waals surface area contributed by atoms with Crippen molar-refractivity contribution in [1.29, 1.82) is 0 Å². The van der Waals surface area contributed by atoms with Crippen LogP contribution in [0.3, 0.4) is 0 Å². The molecule has 2 heterocycles. The van der Waals surface area contributed by atoms with Gasteiger partial charge in [0.15, 0.2) is 0 Å². The molecule has 3 N–H and O–H groups in total. The minimum atomic E-state index is -0.818. The first-order chi connectivity index (χ1) is 18.6. The molecule has 1 aromatic heterocycles. The zero-order chi connectivity index (χ0) is 28.9. The number of nitrogens with zero attached hydrogens (tertiary/aromatic N) is 3. The number of hydrogen-bond acceptors (Lipinski definition) is 6. The number of nitrogens with one attached hydrogen (secondary N) is 2. The fourth-order valence-corrected chi connectivity index (χ4v) is 7.30. The molecule has 1 aliphatic rings. The fraction of sp³-hybridized carbons (Fsp3) is 0.581. The van der Waals surface area contributed by atoms with Gasteiger partial charge < -0.3 is 20.6 Å². The van der Waals surface area contributed by atoms with Gasteiger partial charge in [-0.05, 0) is 70.5 Å². The molecular formula is C31H50N5O2P. The molecule has 0 radical (unpaired) electrons. The average molecular weight is 556 g/mol. The Balaban J connectivity index is 2.08. The number of carboxylic acid groups (broad SMARTS) is 1. The van der Waals surface area contributed by atoms with Crippen LogP contribution in [0.2, 0.25) is 0 Å². The van der Waals surface area contributed by atoms with Crippen LogP contribution in [0, 0.1) is 17.8 Å². The van der Waals surface area contributed by atoms with E-state index in [4.69, 9.17) is 10.1 Å². The molecular weight excluding hydrogens is 505 g/mol. The molecule has 0 saturated heterocycles. The Kier molecular flexibility index (Phi) is 13.7. The SMILES string of the molecule is C=C(/C=C\C=C/CC(=O)O)CC(C)CC(CC(C)N1CP(C)c2c(NC(=CC)NCC)ncnc21)C(C)CC. The smallest absolute Gasteiger partial charge is 0.307 e. The number of hydrogen-bond donors (Lipinski definition) is 3. The van der Waals surface area contributed by atoms with E-state index in [1.54, 1.807) is 18.5 Å². The van der Waals surface area contributed by atoms with Gasteiger partial charge in [-0.3, -0.25) is 4.79 Å². The number of carboxylic acids is 1. The molecule has 0 bridgehead atoms. The first-order valence-corrected chi connectivity index (χ1v) is 16.3. The van der Waals surface area contributed by atoms with Gasteiger partial charge in [0.1, 0.15) is 18.0 Å². The van der Waals surface area contributed by atoms with Crippen LogP contribution in [0.25, 0.3) is 0 Å². The molecule has 8 heteroatoms. The molecule has 0 fully saturated rings. The second kappa shape index (κ2) is 16.4. The number of rotatable bonds is 17. The number of fused-ring (bicyclic) bond motifs is 1. The van der Waals surface area contributed by atoms with Crippen LogP contribution in [0.4, 0.5) is 11.6 Å². The molecule has 1 aromatic rings. The minimum absolute atomic E-state index is 0.0418. The Morgan fingerprint density at radius 3 is 2.62 bits per heavy atom. The number of carbonyl (C=O) groups is 1. The molecule has 0 spiro atoms. The second-order valence-electron chi connectivity index (χ2n) is 10.9. The lowest BCUT2D eigenvalue weighted by Gasteiger charge is -2.33. The zero-order valence-electron chi connectivity index (χ0n) is 25.1. The van der Waals surface area contributed by atoms with Gasteiger partial charge in [0.25, 0.3) is 0 Å². The van der Waals surface area contributed by atoms with Crippen molar-refractivity contribution in [3.8, 4) is 0 Å². The van der Waals surface area contributed by atoms with E-state index in [0.29, 0.717) is 23.8 Å². The van der Waals surface area contributed by atoms with E-state index in [1.807, 2.05) is 25.2 Å². The average Bonchev–Trinajstić information content (AvgIpc) is 3.24. The van der Waals surface area contributed by atoms with E-state index >= 15 is 0 Å². The van der Waals surface area contributed by atoms with E-state index in [-0.39, 0.29) is 14.3 Å². The summed E-state index contributed by atoms with van der Waals surface area (Å²) in [5.41, 5.74) is 1.08. The summed E-state index contributed by atoms with van der Waals surface area (Å²) in [6.07, 6.45) is 16.5. The third-order valence-electron chi connectivity index (χ3n) is 7.54. The summed E-state index contributed by atoms with van der Waals surface area (Å²) in [7, 11) is -0.377. The van der Waals surface area contributed by atoms with Crippen molar-refractivity contribution in [2.24, 2.45) is 17.8 Å². The van der Waals surface area contributed by atoms with Crippen molar-refractivity contribution in [2.45, 2.75) is 79.7 Å². The van der Waals surface area contributed by atoms with Crippen molar-refractivity contribution in [3.05, 3.63) is 54.7 Å². The molecule has 5 atom stereocenters. The summed E-state index contributed by atoms with van der Waals surface area (Å²) in [6, 6.07) is 0.391. The molecule has 216 valence electrons. The number of anilines is 2. The first kappa shape index (κ1) is 32.6. The zero-order valence-corrected chi connectivity index (χ0v) is 26.0. The maximum Gasteiger partial charge on any atom is 0.307 e. The van der Waals surface area contributed by atoms with E-state index in [1.165, 1.54) is 11.7 Å². The largest absolute Gasteiger partial charge is 0.481 e. The summed E-state index contributed by atoms with van der Waals surface area (Å²) in [5.74, 6) is 3.95. The topological polar surface area (TPSA) is 90.4 Å². The quantitative estimate of drug-likeness (QED) is 0.143. The lowest BCUT2D eigenvalue weighted by molar-refractivity contribution is -0.136. The maximum atomic E-state index is 10.6. The Bertz CT molecular complexity index is 1040. The molecule has 7 nitrogen and oxygen atoms in total. The molecule has 1 aliphatic heterocycles. The third kappa shape index (κ3) is 10.1. The summed E-state index contributed by atoms with van der Waals surface area (Å²) >= 11 is 0. The van der Waals surface area contributed by atoms with E-state index in [9.17, 15) is 4.79 Å². The maximum absolute atomic E-state index is 10.6. The van der Waals surface area contributed by atoms with Crippen LogP contribution in [0.1, 0.15) is 73.6 Å². The van der Waals surface area contributed by atoms with Gasteiger partial charge in [0.05, 0.1) is 17.5 Å². The van der Waals surface area contributed by atoms with Gasteiger partial charge in [-0.15, -0.1) is 0 Å². The van der Waals surface area contributed by atoms with E-state index in [0.717, 1.165) is 55.1 Å². The van der Waals surface area contributed by atoms with Crippen molar-refractivity contribution >= 4 is 30.8 Å². The van der Waals surface area contributed by atoms with E-state index in [2.05, 4.69) is 68.4 Å². The highest BCUT2D eigenvalue weighted by Crippen LogP contribution is 2.45. The van der Waals surface area contributed by atoms with Gasteiger partial charge >= 0.3 is 5.97 Å². The van der Waals surface area contributed by atoms with Gasteiger partial charge in [0.2, 0.25) is 0 Å². The Morgan fingerprint density at radius 1 is 1.23 bits per heavy atom. The van der Waals surface area contributed by atoms with Crippen LogP contribution in [0.5, 0.6) is 0 Å². The van der Waals surface area contributed by atoms with Crippen molar-refractivity contribution in [3.63, 3.8) is 0 Å². The van der Waals surface area contributed by atoms with Crippen LogP contribution in [-0.4, -0.2) is 46.6 Å². The standard InChI is InChI=1S/C31H50N5O2P/c1-9-24(6)26(18-23(5)17-22(4)15-13-12-14-16-28(37)38)19-25(7)36-21-39(8)29-30(33-20-34-31(29)36)35-27(10-2)32-11-3/h10,12-15,20,23-26,32H,4,9,11,16-19,21H2,1-3,5-8H3,(H,37,38)(H,33,34,35)/b14-12-,15-13-,27-10?. The normalized spacial score (nSPS) is 18.7. The number of aromatic nitrogens is 2. The predicted octanol–water partition coefficient (Wildman–Crippen LogP) is 6.87. The van der Waals surface area contributed by atoms with Gasteiger partial charge in [0, 0.05) is 18.9 Å². The molecule has 0 amide bonds. The van der Waals surface area contributed by atoms with Gasteiger partial charge in [-0.2, -0.15) is 0 Å². The van der Waals surface area contributed by atoms with Crippen molar-refractivity contribution in [1.82, 2.24) is 15.3 Å². The highest BCUT2D eigenvalue weighted by atomic mass is 31.1. The monoisotopic (exact) mass is 555 g/mol. The second-order valence-corrected chi connectivity index (χ2v) is 13.0. The molecule has 2 rings (SSSR count). The fourth-order valence-electron chi connectivity index (χ4n) is 5.29. The Labute approximate surface area is 237 Å². The molecule has 5 unspecified atom stereocenters. The Morgan fingerprint density at radius 2 is 1.97 bits per heavy atom. The lowest BCUT2D eigenvalue weighted by Crippen LogP contribution is -2.35. The third-order valence-corrected chi connectivity index (χ3v) is 9.45. The summed E-state index contributed by atoms with van der Waals surface area (Å²) in [4.78, 5) is 22.5. The van der Waals surface area contributed by atoms with Crippen LogP contribution < -0.4 is 20.8 Å². The van der Waals surface area contributed by atoms with Crippen LogP contribution in [-0.2, 0) is 4.79 Å². The summed E-state index contributed by atoms with van der Waals surface area (Å²) in [5, 5.41) is 16.9. The van der Waals surface area contributed by atoms with E-state index < -0.39 is 5.97 Å². The van der Waals surface area contributed by atoms with Gasteiger partial charge in [-0.1, -0.05) is 71.6 Å². The number of aliphatic carboxylic acids is 1. The Hall–Kier alpha value is -2.66. The first-order valence-electron chi connectivity index (χ1n) is 14.3. The highest BCUT2D eigenvalue weighted by molar-refractivity contribution is 7.66. The molecule has 39 heavy (non-hydrogen) atoms. The van der Waals surface area contributed by atoms with Crippen LogP contribution in [0.15, 0.2) is 54.7 Å². The van der Waals surface area contributed by atoms with Gasteiger partial charge in [-0.25, -0.2) is 9.97 Å². The molecule has 0 aromatic carbocycles. The summed E-state index contributed by atoms with van der Waals surface area (Å²) < 4.78 is 0. The lowest BCUT2D eigenvalue weighted by atomic mass is 9.79.